The van der Waals surface area contributed by atoms with Crippen molar-refractivity contribution in [3.8, 4) is 5.69 Å². The van der Waals surface area contributed by atoms with E-state index in [9.17, 15) is 4.79 Å². The van der Waals surface area contributed by atoms with Crippen LogP contribution in [0.15, 0.2) is 36.7 Å². The van der Waals surface area contributed by atoms with Gasteiger partial charge in [0.2, 0.25) is 0 Å². The van der Waals surface area contributed by atoms with Crippen LogP contribution in [-0.4, -0.2) is 22.4 Å². The monoisotopic (exact) mass is 273 g/mol. The Bertz CT molecular complexity index is 575. The highest BCUT2D eigenvalue weighted by Gasteiger charge is 2.10. The van der Waals surface area contributed by atoms with E-state index < -0.39 is 0 Å². The van der Waals surface area contributed by atoms with Crippen molar-refractivity contribution in [3.05, 3.63) is 47.8 Å². The molecule has 0 saturated carbocycles. The van der Waals surface area contributed by atoms with E-state index >= 15 is 0 Å². The normalized spacial score (nSPS) is 12.2. The summed E-state index contributed by atoms with van der Waals surface area (Å²) in [7, 11) is 0. The fourth-order valence-corrected chi connectivity index (χ4v) is 1.89. The number of carbonyl (C=O) groups excluding carboxylic acids is 1. The lowest BCUT2D eigenvalue weighted by atomic mass is 10.1. The Balaban J connectivity index is 2.18. The van der Waals surface area contributed by atoms with Gasteiger partial charge in [0.15, 0.2) is 0 Å². The molecule has 0 amide bonds. The molecule has 1 aromatic heterocycles. The topological polar surface area (TPSA) is 70.1 Å². The number of ether oxygens (including phenoxy) is 1. The number of hydrogen-bond acceptors (Lipinski definition) is 4. The molecule has 1 heterocycles. The number of aromatic nitrogens is 2. The Morgan fingerprint density at radius 3 is 2.65 bits per heavy atom. The van der Waals surface area contributed by atoms with Crippen LogP contribution in [0.4, 0.5) is 0 Å². The lowest BCUT2D eigenvalue weighted by Crippen LogP contribution is -2.08. The fourth-order valence-electron chi connectivity index (χ4n) is 1.89. The third-order valence-corrected chi connectivity index (χ3v) is 3.12. The fraction of sp³-hybridized carbons (Fsp3) is 0.333. The van der Waals surface area contributed by atoms with Crippen LogP contribution >= 0.6 is 0 Å². The molecule has 1 aromatic carbocycles. The first-order valence-electron chi connectivity index (χ1n) is 6.73. The van der Waals surface area contributed by atoms with E-state index in [0.717, 1.165) is 17.7 Å². The Morgan fingerprint density at radius 2 is 2.05 bits per heavy atom. The van der Waals surface area contributed by atoms with Gasteiger partial charge in [0.1, 0.15) is 0 Å². The minimum absolute atomic E-state index is 0.0526. The van der Waals surface area contributed by atoms with Gasteiger partial charge in [-0.1, -0.05) is 19.1 Å². The molecule has 5 nitrogen and oxygen atoms in total. The third kappa shape index (κ3) is 3.05. The van der Waals surface area contributed by atoms with Gasteiger partial charge in [0.25, 0.3) is 0 Å². The minimum atomic E-state index is -0.358. The van der Waals surface area contributed by atoms with E-state index in [2.05, 4.69) is 12.0 Å². The molecule has 5 heteroatoms. The Kier molecular flexibility index (Phi) is 4.53. The van der Waals surface area contributed by atoms with Crippen molar-refractivity contribution in [1.29, 1.82) is 0 Å². The van der Waals surface area contributed by atoms with Crippen molar-refractivity contribution in [2.45, 2.75) is 26.3 Å². The Hall–Kier alpha value is -2.14. The molecule has 0 radical (unpaired) electrons. The van der Waals surface area contributed by atoms with Crippen molar-refractivity contribution in [3.63, 3.8) is 0 Å². The quantitative estimate of drug-likeness (QED) is 0.849. The van der Waals surface area contributed by atoms with Crippen LogP contribution in [0.25, 0.3) is 5.69 Å². The molecular formula is C15H19N3O2. The molecular weight excluding hydrogens is 254 g/mol. The van der Waals surface area contributed by atoms with E-state index in [1.807, 2.05) is 24.3 Å². The number of carbonyl (C=O) groups is 1. The van der Waals surface area contributed by atoms with Crippen LogP contribution < -0.4 is 5.73 Å². The molecule has 0 aliphatic rings. The molecule has 1 atom stereocenters. The van der Waals surface area contributed by atoms with Gasteiger partial charge in [-0.25, -0.2) is 9.48 Å². The molecule has 2 N–H and O–H groups in total. The summed E-state index contributed by atoms with van der Waals surface area (Å²) < 4.78 is 6.58. The largest absolute Gasteiger partial charge is 0.462 e. The molecule has 0 aliphatic heterocycles. The number of nitrogens with zero attached hydrogens (tertiary/aromatic N) is 2. The summed E-state index contributed by atoms with van der Waals surface area (Å²) in [4.78, 5) is 11.6. The number of hydrogen-bond donors (Lipinski definition) is 1. The summed E-state index contributed by atoms with van der Waals surface area (Å²) >= 11 is 0. The van der Waals surface area contributed by atoms with Crippen LogP contribution in [0.1, 0.15) is 42.2 Å². The van der Waals surface area contributed by atoms with Crippen LogP contribution in [0.3, 0.4) is 0 Å². The second kappa shape index (κ2) is 6.34. The molecule has 2 aromatic rings. The standard InChI is InChI=1S/C15H19N3O2/c1-3-14(16)11-5-7-13(8-6-11)18-10-12(9-17-18)15(19)20-4-2/h5-10,14H,3-4,16H2,1-2H3/t14-/m0/s1. The Morgan fingerprint density at radius 1 is 1.35 bits per heavy atom. The predicted octanol–water partition coefficient (Wildman–Crippen LogP) is 2.46. The SMILES string of the molecule is CCOC(=O)c1cnn(-c2ccc([C@@H](N)CC)cc2)c1. The van der Waals surface area contributed by atoms with Gasteiger partial charge >= 0.3 is 5.97 Å². The van der Waals surface area contributed by atoms with E-state index in [4.69, 9.17) is 10.5 Å². The zero-order valence-corrected chi connectivity index (χ0v) is 11.7. The summed E-state index contributed by atoms with van der Waals surface area (Å²) in [6, 6.07) is 7.89. The lowest BCUT2D eigenvalue weighted by molar-refractivity contribution is 0.0526. The second-order valence-electron chi connectivity index (χ2n) is 4.50. The van der Waals surface area contributed by atoms with E-state index in [0.29, 0.717) is 12.2 Å². The zero-order chi connectivity index (χ0) is 14.5. The van der Waals surface area contributed by atoms with Crippen molar-refractivity contribution < 1.29 is 9.53 Å². The van der Waals surface area contributed by atoms with Crippen molar-refractivity contribution in [2.75, 3.05) is 6.61 Å². The van der Waals surface area contributed by atoms with Gasteiger partial charge in [-0.05, 0) is 31.0 Å². The van der Waals surface area contributed by atoms with Crippen LogP contribution in [0.2, 0.25) is 0 Å². The summed E-state index contributed by atoms with van der Waals surface area (Å²) in [5.74, 6) is -0.358. The zero-order valence-electron chi connectivity index (χ0n) is 11.7. The maximum atomic E-state index is 11.6. The summed E-state index contributed by atoms with van der Waals surface area (Å²) in [6.45, 7) is 4.18. The van der Waals surface area contributed by atoms with Crippen LogP contribution in [-0.2, 0) is 4.74 Å². The lowest BCUT2D eigenvalue weighted by Gasteiger charge is -2.09. The first-order valence-corrected chi connectivity index (χ1v) is 6.73. The average molecular weight is 273 g/mol. The maximum Gasteiger partial charge on any atom is 0.341 e. The summed E-state index contributed by atoms with van der Waals surface area (Å²) in [5.41, 5.74) is 8.40. The average Bonchev–Trinajstić information content (AvgIpc) is 2.97. The van der Waals surface area contributed by atoms with E-state index in [1.54, 1.807) is 17.8 Å². The molecule has 0 bridgehead atoms. The van der Waals surface area contributed by atoms with Gasteiger partial charge in [-0.3, -0.25) is 0 Å². The first kappa shape index (κ1) is 14.3. The molecule has 106 valence electrons. The number of benzene rings is 1. The molecule has 2 rings (SSSR count). The first-order chi connectivity index (χ1) is 9.65. The van der Waals surface area contributed by atoms with Crippen LogP contribution in [0.5, 0.6) is 0 Å². The number of nitrogens with two attached hydrogens (primary N) is 1. The van der Waals surface area contributed by atoms with Gasteiger partial charge in [0.05, 0.1) is 24.1 Å². The van der Waals surface area contributed by atoms with E-state index in [1.165, 1.54) is 6.20 Å². The van der Waals surface area contributed by atoms with Gasteiger partial charge in [-0.2, -0.15) is 5.10 Å². The second-order valence-corrected chi connectivity index (χ2v) is 4.50. The number of esters is 1. The molecule has 0 fully saturated rings. The van der Waals surface area contributed by atoms with Gasteiger partial charge < -0.3 is 10.5 Å². The Labute approximate surface area is 118 Å². The third-order valence-electron chi connectivity index (χ3n) is 3.12. The van der Waals surface area contributed by atoms with Crippen molar-refractivity contribution in [1.82, 2.24) is 9.78 Å². The van der Waals surface area contributed by atoms with Crippen molar-refractivity contribution in [2.24, 2.45) is 5.73 Å². The highest BCUT2D eigenvalue weighted by atomic mass is 16.5. The molecule has 20 heavy (non-hydrogen) atoms. The van der Waals surface area contributed by atoms with Crippen molar-refractivity contribution >= 4 is 5.97 Å². The maximum absolute atomic E-state index is 11.6. The molecule has 0 saturated heterocycles. The van der Waals surface area contributed by atoms with Gasteiger partial charge in [-0.15, -0.1) is 0 Å². The minimum Gasteiger partial charge on any atom is -0.462 e. The molecule has 0 unspecified atom stereocenters. The smallest absolute Gasteiger partial charge is 0.341 e. The highest BCUT2D eigenvalue weighted by Crippen LogP contribution is 2.16. The summed E-state index contributed by atoms with van der Waals surface area (Å²) in [5, 5.41) is 4.17. The number of rotatable bonds is 5. The summed E-state index contributed by atoms with van der Waals surface area (Å²) in [6.07, 6.45) is 4.06. The molecule has 0 aliphatic carbocycles. The van der Waals surface area contributed by atoms with Gasteiger partial charge in [0, 0.05) is 12.2 Å². The molecule has 0 spiro atoms. The predicted molar refractivity (Wildman–Crippen MR) is 76.7 cm³/mol. The van der Waals surface area contributed by atoms with Crippen LogP contribution in [0, 0.1) is 0 Å². The highest BCUT2D eigenvalue weighted by molar-refractivity contribution is 5.88. The van der Waals surface area contributed by atoms with E-state index in [-0.39, 0.29) is 12.0 Å².